The molecule has 2 aliphatic heterocycles. The monoisotopic (exact) mass is 423 g/mol. The highest BCUT2D eigenvalue weighted by atomic mass is 19.1. The molecule has 7 heteroatoms. The first-order valence-electron chi connectivity index (χ1n) is 10.9. The summed E-state index contributed by atoms with van der Waals surface area (Å²) in [7, 11) is 0. The van der Waals surface area contributed by atoms with Gasteiger partial charge >= 0.3 is 0 Å². The third kappa shape index (κ3) is 4.28. The number of benzene rings is 2. The standard InChI is InChI=1S/C24H26FN3O3/c1-16-6-7-18(14-19(16)25)24-26-23(31-27-24)5-3-11-28-10-2-4-20(28)17-8-9-21-22(15-17)30-13-12-29-21/h6-9,14-15,20H,2-5,10-13H2,1H3. The maximum atomic E-state index is 13.8. The lowest BCUT2D eigenvalue weighted by atomic mass is 10.0. The van der Waals surface area contributed by atoms with Crippen LogP contribution in [0.25, 0.3) is 11.4 Å². The highest BCUT2D eigenvalue weighted by Crippen LogP contribution is 2.38. The van der Waals surface area contributed by atoms with Crippen molar-refractivity contribution in [2.24, 2.45) is 0 Å². The van der Waals surface area contributed by atoms with Crippen LogP contribution in [0.2, 0.25) is 0 Å². The fourth-order valence-corrected chi connectivity index (χ4v) is 4.38. The summed E-state index contributed by atoms with van der Waals surface area (Å²) >= 11 is 0. The van der Waals surface area contributed by atoms with Gasteiger partial charge < -0.3 is 14.0 Å². The van der Waals surface area contributed by atoms with Crippen LogP contribution < -0.4 is 9.47 Å². The molecule has 1 aromatic heterocycles. The predicted molar refractivity (Wildman–Crippen MR) is 114 cm³/mol. The number of rotatable bonds is 6. The van der Waals surface area contributed by atoms with Crippen LogP contribution >= 0.6 is 0 Å². The summed E-state index contributed by atoms with van der Waals surface area (Å²) in [6.45, 7) is 4.98. The second kappa shape index (κ2) is 8.67. The summed E-state index contributed by atoms with van der Waals surface area (Å²) in [5.41, 5.74) is 2.52. The zero-order valence-corrected chi connectivity index (χ0v) is 17.6. The molecule has 0 N–H and O–H groups in total. The van der Waals surface area contributed by atoms with Crippen molar-refractivity contribution in [1.82, 2.24) is 15.0 Å². The highest BCUT2D eigenvalue weighted by molar-refractivity contribution is 5.54. The molecule has 0 bridgehead atoms. The number of aryl methyl sites for hydroxylation is 2. The number of nitrogens with zero attached hydrogens (tertiary/aromatic N) is 3. The number of likely N-dealkylation sites (tertiary alicyclic amines) is 1. The minimum Gasteiger partial charge on any atom is -0.486 e. The van der Waals surface area contributed by atoms with E-state index in [1.165, 1.54) is 18.1 Å². The van der Waals surface area contributed by atoms with Crippen molar-refractivity contribution < 1.29 is 18.4 Å². The second-order valence-corrected chi connectivity index (χ2v) is 8.18. The van der Waals surface area contributed by atoms with Crippen LogP contribution in [0.1, 0.15) is 42.3 Å². The number of halogens is 1. The molecule has 2 aliphatic rings. The van der Waals surface area contributed by atoms with E-state index in [1.807, 2.05) is 12.1 Å². The van der Waals surface area contributed by atoms with Gasteiger partial charge in [0.05, 0.1) is 0 Å². The molecular formula is C24H26FN3O3. The quantitative estimate of drug-likeness (QED) is 0.572. The maximum Gasteiger partial charge on any atom is 0.227 e. The molecule has 0 aliphatic carbocycles. The van der Waals surface area contributed by atoms with E-state index in [1.54, 1.807) is 13.0 Å². The molecule has 1 fully saturated rings. The Labute approximate surface area is 181 Å². The van der Waals surface area contributed by atoms with Gasteiger partial charge in [0.15, 0.2) is 11.5 Å². The first kappa shape index (κ1) is 20.0. The van der Waals surface area contributed by atoms with Crippen molar-refractivity contribution in [3.8, 4) is 22.9 Å². The van der Waals surface area contributed by atoms with Gasteiger partial charge in [-0.15, -0.1) is 0 Å². The molecule has 1 atom stereocenters. The average molecular weight is 423 g/mol. The van der Waals surface area contributed by atoms with Gasteiger partial charge in [0, 0.05) is 18.0 Å². The summed E-state index contributed by atoms with van der Waals surface area (Å²) < 4.78 is 30.6. The third-order valence-electron chi connectivity index (χ3n) is 6.05. The minimum atomic E-state index is -0.261. The summed E-state index contributed by atoms with van der Waals surface area (Å²) in [4.78, 5) is 6.96. The fraction of sp³-hybridized carbons (Fsp3) is 0.417. The second-order valence-electron chi connectivity index (χ2n) is 8.18. The molecular weight excluding hydrogens is 397 g/mol. The Kier molecular flexibility index (Phi) is 5.59. The molecule has 31 heavy (non-hydrogen) atoms. The van der Waals surface area contributed by atoms with Gasteiger partial charge in [-0.1, -0.05) is 23.4 Å². The van der Waals surface area contributed by atoms with Crippen molar-refractivity contribution >= 4 is 0 Å². The number of fused-ring (bicyclic) bond motifs is 1. The number of ether oxygens (including phenoxy) is 2. The van der Waals surface area contributed by atoms with Crippen LogP contribution in [0.3, 0.4) is 0 Å². The molecule has 0 radical (unpaired) electrons. The van der Waals surface area contributed by atoms with E-state index in [0.29, 0.717) is 48.5 Å². The topological polar surface area (TPSA) is 60.6 Å². The summed E-state index contributed by atoms with van der Waals surface area (Å²) in [6, 6.07) is 11.7. The molecule has 1 unspecified atom stereocenters. The largest absolute Gasteiger partial charge is 0.486 e. The van der Waals surface area contributed by atoms with Gasteiger partial charge in [-0.2, -0.15) is 4.98 Å². The van der Waals surface area contributed by atoms with E-state index in [-0.39, 0.29) is 5.82 Å². The Hall–Kier alpha value is -2.93. The van der Waals surface area contributed by atoms with E-state index in [2.05, 4.69) is 27.2 Å². The van der Waals surface area contributed by atoms with Gasteiger partial charge in [-0.25, -0.2) is 4.39 Å². The molecule has 3 aromatic rings. The van der Waals surface area contributed by atoms with Gasteiger partial charge in [0.25, 0.3) is 0 Å². The Morgan fingerprint density at radius 2 is 1.97 bits per heavy atom. The SMILES string of the molecule is Cc1ccc(-c2noc(CCCN3CCCC3c3ccc4c(c3)OCCO4)n2)cc1F. The zero-order chi connectivity index (χ0) is 21.2. The molecule has 1 saturated heterocycles. The lowest BCUT2D eigenvalue weighted by Gasteiger charge is -2.26. The van der Waals surface area contributed by atoms with Crippen LogP contribution in [0, 0.1) is 12.7 Å². The zero-order valence-electron chi connectivity index (χ0n) is 17.6. The molecule has 0 amide bonds. The number of hydrogen-bond donors (Lipinski definition) is 0. The van der Waals surface area contributed by atoms with E-state index >= 15 is 0 Å². The van der Waals surface area contributed by atoms with Crippen molar-refractivity contribution in [3.05, 3.63) is 59.2 Å². The molecule has 0 saturated carbocycles. The van der Waals surface area contributed by atoms with Crippen LogP contribution in [-0.2, 0) is 6.42 Å². The predicted octanol–water partition coefficient (Wildman–Crippen LogP) is 4.73. The molecule has 6 nitrogen and oxygen atoms in total. The van der Waals surface area contributed by atoms with Gasteiger partial charge in [-0.05, 0) is 68.6 Å². The third-order valence-corrected chi connectivity index (χ3v) is 6.05. The first-order chi connectivity index (χ1) is 15.2. The highest BCUT2D eigenvalue weighted by Gasteiger charge is 2.27. The fourth-order valence-electron chi connectivity index (χ4n) is 4.38. The van der Waals surface area contributed by atoms with E-state index < -0.39 is 0 Å². The lowest BCUT2D eigenvalue weighted by molar-refractivity contribution is 0.170. The number of hydrogen-bond acceptors (Lipinski definition) is 6. The van der Waals surface area contributed by atoms with Gasteiger partial charge in [0.2, 0.25) is 11.7 Å². The van der Waals surface area contributed by atoms with Crippen molar-refractivity contribution in [2.75, 3.05) is 26.3 Å². The summed E-state index contributed by atoms with van der Waals surface area (Å²) in [6.07, 6.45) is 3.95. The Morgan fingerprint density at radius 1 is 1.10 bits per heavy atom. The van der Waals surface area contributed by atoms with Crippen LogP contribution in [-0.4, -0.2) is 41.3 Å². The smallest absolute Gasteiger partial charge is 0.227 e. The average Bonchev–Trinajstić information content (AvgIpc) is 3.45. The molecule has 5 rings (SSSR count). The molecule has 162 valence electrons. The van der Waals surface area contributed by atoms with E-state index in [0.717, 1.165) is 37.4 Å². The van der Waals surface area contributed by atoms with E-state index in [4.69, 9.17) is 14.0 Å². The van der Waals surface area contributed by atoms with Crippen LogP contribution in [0.5, 0.6) is 11.5 Å². The molecule has 0 spiro atoms. The van der Waals surface area contributed by atoms with Crippen LogP contribution in [0.15, 0.2) is 40.9 Å². The van der Waals surface area contributed by atoms with Gasteiger partial charge in [-0.3, -0.25) is 4.90 Å². The van der Waals surface area contributed by atoms with Crippen molar-refractivity contribution in [2.45, 2.75) is 38.6 Å². The molecule has 3 heterocycles. The number of aromatic nitrogens is 2. The van der Waals surface area contributed by atoms with E-state index in [9.17, 15) is 4.39 Å². The Balaban J connectivity index is 1.19. The Bertz CT molecular complexity index is 1070. The normalized spacial score (nSPS) is 18.5. The molecule has 2 aromatic carbocycles. The van der Waals surface area contributed by atoms with Crippen molar-refractivity contribution in [3.63, 3.8) is 0 Å². The Morgan fingerprint density at radius 3 is 2.84 bits per heavy atom. The van der Waals surface area contributed by atoms with Crippen molar-refractivity contribution in [1.29, 1.82) is 0 Å². The minimum absolute atomic E-state index is 0.261. The summed E-state index contributed by atoms with van der Waals surface area (Å²) in [5, 5.41) is 4.02. The lowest BCUT2D eigenvalue weighted by Crippen LogP contribution is -2.25. The first-order valence-corrected chi connectivity index (χ1v) is 10.9. The maximum absolute atomic E-state index is 13.8. The summed E-state index contributed by atoms with van der Waals surface area (Å²) in [5.74, 6) is 2.44. The van der Waals surface area contributed by atoms with Crippen LogP contribution in [0.4, 0.5) is 4.39 Å². The van der Waals surface area contributed by atoms with Gasteiger partial charge in [0.1, 0.15) is 19.0 Å².